The third-order valence-electron chi connectivity index (χ3n) is 5.84. The monoisotopic (exact) mass is 466 g/mol. The Hall–Kier alpha value is -2.25. The van der Waals surface area contributed by atoms with Crippen LogP contribution in [-0.2, 0) is 16.0 Å². The minimum absolute atomic E-state index is 0.300. The van der Waals surface area contributed by atoms with Crippen LogP contribution in [0.2, 0.25) is 19.6 Å². The molecular weight excluding hydrogens is 424 g/mol. The van der Waals surface area contributed by atoms with E-state index in [1.165, 1.54) is 58.3 Å². The molecule has 0 radical (unpaired) electrons. The molecule has 0 aliphatic heterocycles. The molecule has 0 aliphatic rings. The van der Waals surface area contributed by atoms with E-state index in [-0.39, 0.29) is 5.97 Å². The lowest BCUT2D eigenvalue weighted by Crippen LogP contribution is -2.36. The number of carbonyl (C=O) groups is 1. The molecule has 0 saturated heterocycles. The minimum atomic E-state index is -1.59. The highest BCUT2D eigenvalue weighted by atomic mass is 28.3. The van der Waals surface area contributed by atoms with Gasteiger partial charge in [0.1, 0.15) is 8.07 Å². The minimum Gasteiger partial charge on any atom is -0.474 e. The summed E-state index contributed by atoms with van der Waals surface area (Å²) < 4.78 is 11.6. The highest BCUT2D eigenvalue weighted by Gasteiger charge is 2.26. The summed E-state index contributed by atoms with van der Waals surface area (Å²) in [6.07, 6.45) is 13.4. The maximum absolute atomic E-state index is 11.9. The fourth-order valence-electron chi connectivity index (χ4n) is 3.90. The van der Waals surface area contributed by atoms with Crippen LogP contribution in [0.15, 0.2) is 41.0 Å². The van der Waals surface area contributed by atoms with E-state index in [4.69, 9.17) is 9.15 Å². The number of hydrogen-bond donors (Lipinski definition) is 0. The molecule has 1 aromatic heterocycles. The summed E-state index contributed by atoms with van der Waals surface area (Å²) in [4.78, 5) is 11.9. The summed E-state index contributed by atoms with van der Waals surface area (Å²) in [5.74, 6) is 6.39. The maximum atomic E-state index is 11.9. The van der Waals surface area contributed by atoms with Crippen LogP contribution < -0.4 is 5.38 Å². The molecule has 0 spiro atoms. The average molecular weight is 467 g/mol. The third kappa shape index (κ3) is 9.64. The standard InChI is InChI=1S/C29H42O3Si/c1-6-7-8-9-10-11-12-13-14-15-16-19-25-20-17-18-21-27(25)29(32-24(2)30)26-22-28(31-23-26)33(3,4)5/h17-18,20-23,29H,6-14,19H2,1-5H3. The molecule has 0 saturated carbocycles. The predicted molar refractivity (Wildman–Crippen MR) is 140 cm³/mol. The fraction of sp³-hybridized carbons (Fsp3) is 0.552. The SMILES string of the molecule is CCCCCCCCCCC#CCc1ccccc1C(OC(C)=O)c1coc([Si](C)(C)C)c1. The molecule has 4 heteroatoms. The van der Waals surface area contributed by atoms with Crippen molar-refractivity contribution in [3.05, 3.63) is 53.3 Å². The molecule has 1 unspecified atom stereocenters. The first-order valence-corrected chi connectivity index (χ1v) is 16.1. The van der Waals surface area contributed by atoms with Gasteiger partial charge in [0, 0.05) is 30.9 Å². The van der Waals surface area contributed by atoms with E-state index in [1.54, 1.807) is 6.26 Å². The number of unbranched alkanes of at least 4 members (excludes halogenated alkanes) is 8. The molecule has 3 nitrogen and oxygen atoms in total. The van der Waals surface area contributed by atoms with Crippen LogP contribution >= 0.6 is 0 Å². The smallest absolute Gasteiger partial charge is 0.303 e. The van der Waals surface area contributed by atoms with Gasteiger partial charge < -0.3 is 9.15 Å². The van der Waals surface area contributed by atoms with E-state index in [0.717, 1.165) is 28.5 Å². The Morgan fingerprint density at radius 2 is 1.67 bits per heavy atom. The molecule has 0 bridgehead atoms. The van der Waals surface area contributed by atoms with E-state index >= 15 is 0 Å². The van der Waals surface area contributed by atoms with Gasteiger partial charge in [-0.3, -0.25) is 4.79 Å². The largest absolute Gasteiger partial charge is 0.474 e. The van der Waals surface area contributed by atoms with Gasteiger partial charge in [0.15, 0.2) is 6.10 Å². The highest BCUT2D eigenvalue weighted by Crippen LogP contribution is 2.30. The molecule has 0 fully saturated rings. The van der Waals surface area contributed by atoms with E-state index < -0.39 is 14.2 Å². The van der Waals surface area contributed by atoms with Gasteiger partial charge in [0.2, 0.25) is 0 Å². The van der Waals surface area contributed by atoms with Gasteiger partial charge in [-0.15, -0.1) is 5.92 Å². The Labute approximate surface area is 202 Å². The van der Waals surface area contributed by atoms with Crippen molar-refractivity contribution in [2.24, 2.45) is 0 Å². The molecule has 0 aliphatic carbocycles. The van der Waals surface area contributed by atoms with Crippen molar-refractivity contribution in [2.75, 3.05) is 0 Å². The molecule has 2 rings (SSSR count). The summed E-state index contributed by atoms with van der Waals surface area (Å²) >= 11 is 0. The number of rotatable bonds is 13. The number of hydrogen-bond acceptors (Lipinski definition) is 3. The van der Waals surface area contributed by atoms with Crippen molar-refractivity contribution in [1.82, 2.24) is 0 Å². The summed E-state index contributed by atoms with van der Waals surface area (Å²) in [6, 6.07) is 10.2. The van der Waals surface area contributed by atoms with Crippen molar-refractivity contribution in [3.63, 3.8) is 0 Å². The lowest BCUT2D eigenvalue weighted by atomic mass is 9.96. The van der Waals surface area contributed by atoms with Crippen LogP contribution in [0.4, 0.5) is 0 Å². The zero-order valence-electron chi connectivity index (χ0n) is 21.3. The topological polar surface area (TPSA) is 39.4 Å². The van der Waals surface area contributed by atoms with Crippen molar-refractivity contribution in [2.45, 2.75) is 104 Å². The van der Waals surface area contributed by atoms with Crippen LogP contribution in [0.3, 0.4) is 0 Å². The molecule has 0 N–H and O–H groups in total. The normalized spacial score (nSPS) is 12.2. The van der Waals surface area contributed by atoms with Gasteiger partial charge >= 0.3 is 5.97 Å². The molecule has 33 heavy (non-hydrogen) atoms. The van der Waals surface area contributed by atoms with Crippen LogP contribution in [0.25, 0.3) is 0 Å². The summed E-state index contributed by atoms with van der Waals surface area (Å²) in [5.41, 5.74) is 2.97. The van der Waals surface area contributed by atoms with E-state index in [0.29, 0.717) is 6.42 Å². The van der Waals surface area contributed by atoms with Gasteiger partial charge in [0.25, 0.3) is 0 Å². The zero-order valence-corrected chi connectivity index (χ0v) is 22.3. The molecule has 2 aromatic rings. The van der Waals surface area contributed by atoms with Gasteiger partial charge in [-0.05, 0) is 18.1 Å². The Morgan fingerprint density at radius 3 is 2.30 bits per heavy atom. The van der Waals surface area contributed by atoms with Gasteiger partial charge in [-0.1, -0.05) is 102 Å². The quantitative estimate of drug-likeness (QED) is 0.132. The Balaban J connectivity index is 1.99. The molecule has 1 heterocycles. The second-order valence-corrected chi connectivity index (χ2v) is 14.9. The fourth-order valence-corrected chi connectivity index (χ4v) is 4.92. The van der Waals surface area contributed by atoms with Gasteiger partial charge in [-0.25, -0.2) is 0 Å². The van der Waals surface area contributed by atoms with Crippen molar-refractivity contribution in [1.29, 1.82) is 0 Å². The second kappa shape index (κ2) is 14.1. The maximum Gasteiger partial charge on any atom is 0.303 e. The van der Waals surface area contributed by atoms with Crippen molar-refractivity contribution < 1.29 is 13.9 Å². The van der Waals surface area contributed by atoms with Crippen LogP contribution in [0.1, 0.15) is 94.4 Å². The summed E-state index contributed by atoms with van der Waals surface area (Å²) in [5, 5.41) is 1.01. The molecular formula is C29H42O3Si. The van der Waals surface area contributed by atoms with Crippen LogP contribution in [0.5, 0.6) is 0 Å². The van der Waals surface area contributed by atoms with Gasteiger partial charge in [0.05, 0.1) is 11.6 Å². The van der Waals surface area contributed by atoms with Crippen molar-refractivity contribution in [3.8, 4) is 11.8 Å². The van der Waals surface area contributed by atoms with E-state index in [9.17, 15) is 4.79 Å². The summed E-state index contributed by atoms with van der Waals surface area (Å²) in [6.45, 7) is 10.4. The lowest BCUT2D eigenvalue weighted by Gasteiger charge is -2.19. The number of benzene rings is 1. The Kier molecular flexibility index (Phi) is 11.5. The summed E-state index contributed by atoms with van der Waals surface area (Å²) in [7, 11) is -1.59. The first-order valence-electron chi connectivity index (χ1n) is 12.6. The van der Waals surface area contributed by atoms with Crippen LogP contribution in [-0.4, -0.2) is 14.0 Å². The number of furan rings is 1. The number of carbonyl (C=O) groups excluding carboxylic acids is 1. The molecule has 180 valence electrons. The average Bonchev–Trinajstić information content (AvgIpc) is 3.27. The molecule has 1 atom stereocenters. The number of esters is 1. The molecule has 0 amide bonds. The van der Waals surface area contributed by atoms with E-state index in [2.05, 4.69) is 50.5 Å². The second-order valence-electron chi connectivity index (χ2n) is 9.94. The lowest BCUT2D eigenvalue weighted by molar-refractivity contribution is -0.144. The third-order valence-corrected chi connectivity index (χ3v) is 7.58. The Bertz CT molecular complexity index is 911. The highest BCUT2D eigenvalue weighted by molar-refractivity contribution is 6.87. The first-order chi connectivity index (χ1) is 15.8. The molecule has 1 aromatic carbocycles. The van der Waals surface area contributed by atoms with Gasteiger partial charge in [-0.2, -0.15) is 0 Å². The van der Waals surface area contributed by atoms with E-state index in [1.807, 2.05) is 18.2 Å². The zero-order chi connectivity index (χ0) is 24.1. The Morgan fingerprint density at radius 1 is 1.00 bits per heavy atom. The first kappa shape index (κ1) is 27.0. The van der Waals surface area contributed by atoms with Crippen molar-refractivity contribution >= 4 is 19.4 Å². The number of ether oxygens (including phenoxy) is 1. The van der Waals surface area contributed by atoms with Crippen LogP contribution in [0, 0.1) is 11.8 Å². The predicted octanol–water partition coefficient (Wildman–Crippen LogP) is 7.55.